The van der Waals surface area contributed by atoms with Crippen LogP contribution < -0.4 is 0 Å². The van der Waals surface area contributed by atoms with Crippen LogP contribution in [0.5, 0.6) is 0 Å². The van der Waals surface area contributed by atoms with E-state index < -0.39 is 0 Å². The van der Waals surface area contributed by atoms with Gasteiger partial charge in [-0.05, 0) is 63.0 Å². The second-order valence-electron chi connectivity index (χ2n) is 4.55. The summed E-state index contributed by atoms with van der Waals surface area (Å²) >= 11 is 9.79. The molecular formula is C15H11Br2IO. The zero-order valence-electron chi connectivity index (χ0n) is 10.00. The molecule has 0 radical (unpaired) electrons. The van der Waals surface area contributed by atoms with Crippen LogP contribution in [0.15, 0.2) is 40.9 Å². The molecule has 1 nitrogen and oxygen atoms in total. The monoisotopic (exact) mass is 492 g/mol. The lowest BCUT2D eigenvalue weighted by atomic mass is 10.0. The van der Waals surface area contributed by atoms with Gasteiger partial charge in [0.25, 0.3) is 0 Å². The Balaban J connectivity index is 1.99. The van der Waals surface area contributed by atoms with Gasteiger partial charge in [-0.1, -0.05) is 50.1 Å². The van der Waals surface area contributed by atoms with Gasteiger partial charge in [-0.3, -0.25) is 0 Å². The first-order valence-electron chi connectivity index (χ1n) is 5.93. The molecule has 0 bridgehead atoms. The van der Waals surface area contributed by atoms with E-state index >= 15 is 0 Å². The zero-order valence-corrected chi connectivity index (χ0v) is 15.3. The van der Waals surface area contributed by atoms with E-state index in [1.54, 1.807) is 0 Å². The van der Waals surface area contributed by atoms with Crippen LogP contribution in [0.25, 0.3) is 0 Å². The van der Waals surface area contributed by atoms with E-state index in [1.165, 1.54) is 25.8 Å². The quantitative estimate of drug-likeness (QED) is 0.393. The van der Waals surface area contributed by atoms with E-state index in [1.807, 2.05) is 0 Å². The maximum Gasteiger partial charge on any atom is 0.0725 e. The second-order valence-corrected chi connectivity index (χ2v) is 7.56. The summed E-state index contributed by atoms with van der Waals surface area (Å²) in [6.07, 6.45) is 0. The van der Waals surface area contributed by atoms with Crippen LogP contribution >= 0.6 is 54.5 Å². The third kappa shape index (κ3) is 2.91. The lowest BCUT2D eigenvalue weighted by Gasteiger charge is -2.14. The molecule has 3 rings (SSSR count). The molecular weight excluding hydrogens is 483 g/mol. The molecule has 1 heterocycles. The fraction of sp³-hybridized carbons (Fsp3) is 0.200. The van der Waals surface area contributed by atoms with Crippen molar-refractivity contribution in [2.45, 2.75) is 18.0 Å². The lowest BCUT2D eigenvalue weighted by Crippen LogP contribution is -1.96. The van der Waals surface area contributed by atoms with E-state index in [2.05, 4.69) is 90.8 Å². The van der Waals surface area contributed by atoms with Gasteiger partial charge in [0.1, 0.15) is 0 Å². The topological polar surface area (TPSA) is 9.23 Å². The van der Waals surface area contributed by atoms with Crippen molar-refractivity contribution in [1.29, 1.82) is 0 Å². The van der Waals surface area contributed by atoms with Crippen molar-refractivity contribution in [3.8, 4) is 0 Å². The van der Waals surface area contributed by atoms with E-state index in [9.17, 15) is 0 Å². The molecule has 1 unspecified atom stereocenters. The highest BCUT2D eigenvalue weighted by Crippen LogP contribution is 2.37. The summed E-state index contributed by atoms with van der Waals surface area (Å²) in [6.45, 7) is 1.48. The smallest absolute Gasteiger partial charge is 0.0725 e. The molecule has 0 N–H and O–H groups in total. The molecule has 0 aromatic heterocycles. The minimum Gasteiger partial charge on any atom is -0.372 e. The number of hydrogen-bond acceptors (Lipinski definition) is 1. The average Bonchev–Trinajstić information content (AvgIpc) is 2.88. The molecule has 1 aliphatic rings. The number of ether oxygens (including phenoxy) is 1. The molecule has 0 aliphatic carbocycles. The van der Waals surface area contributed by atoms with Crippen LogP contribution in [0, 0.1) is 3.57 Å². The number of rotatable bonds is 2. The Kier molecular flexibility index (Phi) is 4.31. The first-order valence-corrected chi connectivity index (χ1v) is 8.72. The summed E-state index contributed by atoms with van der Waals surface area (Å²) in [5, 5.41) is 0. The molecule has 0 saturated heterocycles. The van der Waals surface area contributed by atoms with Crippen LogP contribution in [0.3, 0.4) is 0 Å². The van der Waals surface area contributed by atoms with Crippen molar-refractivity contribution in [2.75, 3.05) is 0 Å². The van der Waals surface area contributed by atoms with Crippen LogP contribution in [-0.2, 0) is 18.0 Å². The summed E-state index contributed by atoms with van der Waals surface area (Å²) < 4.78 is 7.84. The van der Waals surface area contributed by atoms with Crippen LogP contribution in [0.1, 0.15) is 27.1 Å². The highest BCUT2D eigenvalue weighted by atomic mass is 127. The summed E-state index contributed by atoms with van der Waals surface area (Å²) in [5.41, 5.74) is 5.14. The van der Waals surface area contributed by atoms with Gasteiger partial charge < -0.3 is 4.74 Å². The maximum atomic E-state index is 5.47. The van der Waals surface area contributed by atoms with Gasteiger partial charge in [-0.25, -0.2) is 0 Å². The molecule has 0 fully saturated rings. The minimum absolute atomic E-state index is 0.197. The van der Waals surface area contributed by atoms with Gasteiger partial charge in [0, 0.05) is 8.04 Å². The Labute approximate surface area is 143 Å². The van der Waals surface area contributed by atoms with E-state index in [-0.39, 0.29) is 4.83 Å². The average molecular weight is 494 g/mol. The van der Waals surface area contributed by atoms with Crippen molar-refractivity contribution < 1.29 is 4.74 Å². The van der Waals surface area contributed by atoms with Gasteiger partial charge in [0.05, 0.1) is 18.0 Å². The molecule has 2 aromatic rings. The number of alkyl halides is 1. The van der Waals surface area contributed by atoms with Gasteiger partial charge in [0.15, 0.2) is 0 Å². The van der Waals surface area contributed by atoms with Crippen LogP contribution in [0.4, 0.5) is 0 Å². The molecule has 98 valence electrons. The standard InChI is InChI=1S/C15H11Br2IO/c16-14-4-3-12(18)6-13(14)15(17)9-1-2-10-7-19-8-11(10)5-9/h1-6,15H,7-8H2. The Hall–Kier alpha value is 0.0900. The number of hydrogen-bond donors (Lipinski definition) is 0. The predicted octanol–water partition coefficient (Wildman–Crippen LogP) is 5.57. The van der Waals surface area contributed by atoms with Crippen molar-refractivity contribution in [1.82, 2.24) is 0 Å². The lowest BCUT2D eigenvalue weighted by molar-refractivity contribution is 0.134. The Morgan fingerprint density at radius 2 is 1.84 bits per heavy atom. The van der Waals surface area contributed by atoms with Crippen molar-refractivity contribution in [2.24, 2.45) is 0 Å². The molecule has 4 heteroatoms. The largest absolute Gasteiger partial charge is 0.372 e. The molecule has 1 atom stereocenters. The molecule has 0 amide bonds. The molecule has 1 aliphatic heterocycles. The van der Waals surface area contributed by atoms with Gasteiger partial charge in [-0.15, -0.1) is 0 Å². The van der Waals surface area contributed by atoms with Crippen LogP contribution in [0.2, 0.25) is 0 Å². The minimum atomic E-state index is 0.197. The first kappa shape index (κ1) is 14.0. The van der Waals surface area contributed by atoms with Crippen LogP contribution in [-0.4, -0.2) is 0 Å². The van der Waals surface area contributed by atoms with E-state index in [0.29, 0.717) is 0 Å². The second kappa shape index (κ2) is 5.84. The summed E-state index contributed by atoms with van der Waals surface area (Å²) in [7, 11) is 0. The number of benzene rings is 2. The summed E-state index contributed by atoms with van der Waals surface area (Å²) in [4.78, 5) is 0.197. The highest BCUT2D eigenvalue weighted by molar-refractivity contribution is 14.1. The third-order valence-corrected chi connectivity index (χ3v) is 5.68. The third-order valence-electron chi connectivity index (χ3n) is 3.27. The molecule has 19 heavy (non-hydrogen) atoms. The first-order chi connectivity index (χ1) is 9.15. The van der Waals surface area contributed by atoms with Gasteiger partial charge >= 0.3 is 0 Å². The van der Waals surface area contributed by atoms with Crippen molar-refractivity contribution in [3.63, 3.8) is 0 Å². The summed E-state index contributed by atoms with van der Waals surface area (Å²) in [5.74, 6) is 0. The van der Waals surface area contributed by atoms with Crippen molar-refractivity contribution in [3.05, 3.63) is 66.7 Å². The maximum absolute atomic E-state index is 5.47. The zero-order chi connectivity index (χ0) is 13.4. The Morgan fingerprint density at radius 3 is 2.68 bits per heavy atom. The fourth-order valence-electron chi connectivity index (χ4n) is 2.24. The molecule has 0 spiro atoms. The van der Waals surface area contributed by atoms with Gasteiger partial charge in [0.2, 0.25) is 0 Å². The van der Waals surface area contributed by atoms with E-state index in [0.717, 1.165) is 17.7 Å². The molecule has 2 aromatic carbocycles. The Morgan fingerprint density at radius 1 is 1.05 bits per heavy atom. The predicted molar refractivity (Wildman–Crippen MR) is 92.6 cm³/mol. The fourth-order valence-corrected chi connectivity index (χ4v) is 4.20. The highest BCUT2D eigenvalue weighted by Gasteiger charge is 2.17. The number of fused-ring (bicyclic) bond motifs is 1. The summed E-state index contributed by atoms with van der Waals surface area (Å²) in [6, 6.07) is 13.0. The van der Waals surface area contributed by atoms with Gasteiger partial charge in [-0.2, -0.15) is 0 Å². The Bertz CT molecular complexity index is 628. The number of halogens is 3. The normalized spacial score (nSPS) is 15.3. The molecule has 0 saturated carbocycles. The SMILES string of the molecule is Brc1ccc(I)cc1C(Br)c1ccc2c(c1)COC2. The van der Waals surface area contributed by atoms with Crippen molar-refractivity contribution >= 4 is 54.5 Å². The van der Waals surface area contributed by atoms with E-state index in [4.69, 9.17) is 4.74 Å².